The highest BCUT2D eigenvalue weighted by Crippen LogP contribution is 2.24. The second-order valence-corrected chi connectivity index (χ2v) is 7.40. The summed E-state index contributed by atoms with van der Waals surface area (Å²) in [6.45, 7) is 6.95. The van der Waals surface area contributed by atoms with Crippen LogP contribution in [0.2, 0.25) is 0 Å². The van der Waals surface area contributed by atoms with Gasteiger partial charge in [-0.3, -0.25) is 4.99 Å². The Morgan fingerprint density at radius 3 is 2.56 bits per heavy atom. The number of guanidine groups is 1. The summed E-state index contributed by atoms with van der Waals surface area (Å²) in [5.41, 5.74) is 5.30. The van der Waals surface area contributed by atoms with Crippen LogP contribution in [0.4, 0.5) is 0 Å². The fourth-order valence-electron chi connectivity index (χ4n) is 3.36. The smallest absolute Gasteiger partial charge is 0.191 e. The van der Waals surface area contributed by atoms with Crippen LogP contribution >= 0.6 is 24.0 Å². The maximum atomic E-state index is 5.38. The van der Waals surface area contributed by atoms with Crippen molar-refractivity contribution in [3.05, 3.63) is 52.4 Å². The third-order valence-electron chi connectivity index (χ3n) is 5.05. The molecule has 1 aromatic heterocycles. The molecule has 0 saturated carbocycles. The first kappa shape index (κ1) is 21.7. The van der Waals surface area contributed by atoms with Crippen LogP contribution in [-0.2, 0) is 19.4 Å². The highest BCUT2D eigenvalue weighted by molar-refractivity contribution is 14.0. The van der Waals surface area contributed by atoms with E-state index in [-0.39, 0.29) is 30.0 Å². The van der Waals surface area contributed by atoms with Gasteiger partial charge in [-0.05, 0) is 55.2 Å². The fourth-order valence-corrected chi connectivity index (χ4v) is 3.36. The third-order valence-corrected chi connectivity index (χ3v) is 5.05. The number of halogens is 1. The Morgan fingerprint density at radius 2 is 1.89 bits per heavy atom. The molecule has 2 N–H and O–H groups in total. The zero-order valence-electron chi connectivity index (χ0n) is 16.7. The number of benzene rings is 1. The lowest BCUT2D eigenvalue weighted by Crippen LogP contribution is -2.38. The maximum absolute atomic E-state index is 5.38. The van der Waals surface area contributed by atoms with Gasteiger partial charge in [0.25, 0.3) is 0 Å². The first-order valence-corrected chi connectivity index (χ1v) is 9.61. The topological polar surface area (TPSA) is 62.5 Å². The van der Waals surface area contributed by atoms with Gasteiger partial charge in [0.05, 0.1) is 18.3 Å². The summed E-state index contributed by atoms with van der Waals surface area (Å²) in [4.78, 5) is 4.33. The second-order valence-electron chi connectivity index (χ2n) is 7.40. The van der Waals surface area contributed by atoms with Gasteiger partial charge in [-0.1, -0.05) is 37.2 Å². The number of fused-ring (bicyclic) bond motifs is 1. The molecule has 0 radical (unpaired) electrons. The lowest BCUT2D eigenvalue weighted by atomic mass is 9.89. The van der Waals surface area contributed by atoms with Crippen molar-refractivity contribution in [3.63, 3.8) is 0 Å². The van der Waals surface area contributed by atoms with E-state index >= 15 is 0 Å². The zero-order chi connectivity index (χ0) is 18.5. The molecule has 0 fully saturated rings. The quantitative estimate of drug-likeness (QED) is 0.368. The summed E-state index contributed by atoms with van der Waals surface area (Å²) < 4.78 is 5.38. The van der Waals surface area contributed by atoms with E-state index in [9.17, 15) is 0 Å². The Bertz CT molecular complexity index is 769. The van der Waals surface area contributed by atoms with E-state index < -0.39 is 0 Å². The minimum atomic E-state index is 0. The van der Waals surface area contributed by atoms with E-state index in [0.717, 1.165) is 17.4 Å². The predicted molar refractivity (Wildman–Crippen MR) is 121 cm³/mol. The van der Waals surface area contributed by atoms with Crippen LogP contribution in [-0.4, -0.2) is 18.2 Å². The molecule has 5 nitrogen and oxygen atoms in total. The molecule has 6 heteroatoms. The summed E-state index contributed by atoms with van der Waals surface area (Å²) in [5.74, 6) is 1.95. The minimum absolute atomic E-state index is 0. The van der Waals surface area contributed by atoms with Crippen molar-refractivity contribution in [2.24, 2.45) is 4.99 Å². The summed E-state index contributed by atoms with van der Waals surface area (Å²) in [7, 11) is 1.79. The summed E-state index contributed by atoms with van der Waals surface area (Å²) in [6, 6.07) is 9.07. The summed E-state index contributed by atoms with van der Waals surface area (Å²) in [6.07, 6.45) is 5.04. The van der Waals surface area contributed by atoms with Crippen molar-refractivity contribution in [1.82, 2.24) is 15.8 Å². The second kappa shape index (κ2) is 10.1. The number of rotatable bonds is 5. The normalized spacial score (nSPS) is 15.1. The van der Waals surface area contributed by atoms with E-state index in [1.165, 1.54) is 42.4 Å². The van der Waals surface area contributed by atoms with Gasteiger partial charge >= 0.3 is 0 Å². The molecule has 27 heavy (non-hydrogen) atoms. The highest BCUT2D eigenvalue weighted by atomic mass is 127. The molecule has 148 valence electrons. The molecular weight excluding hydrogens is 451 g/mol. The van der Waals surface area contributed by atoms with E-state index in [2.05, 4.69) is 59.8 Å². The van der Waals surface area contributed by atoms with Gasteiger partial charge in [-0.2, -0.15) is 0 Å². The molecule has 1 atom stereocenters. The number of aliphatic imine (C=N–C) groups is 1. The maximum Gasteiger partial charge on any atom is 0.191 e. The number of hydrogen-bond acceptors (Lipinski definition) is 3. The molecule has 0 bridgehead atoms. The first-order valence-electron chi connectivity index (χ1n) is 9.61. The van der Waals surface area contributed by atoms with Gasteiger partial charge in [0, 0.05) is 13.1 Å². The van der Waals surface area contributed by atoms with Crippen molar-refractivity contribution < 1.29 is 4.52 Å². The molecule has 1 aliphatic carbocycles. The van der Waals surface area contributed by atoms with Gasteiger partial charge in [0.15, 0.2) is 11.7 Å². The van der Waals surface area contributed by atoms with Crippen LogP contribution in [0.15, 0.2) is 33.8 Å². The van der Waals surface area contributed by atoms with Gasteiger partial charge < -0.3 is 15.2 Å². The van der Waals surface area contributed by atoms with Crippen molar-refractivity contribution in [2.45, 2.75) is 65.0 Å². The van der Waals surface area contributed by atoms with Crippen molar-refractivity contribution in [3.8, 4) is 0 Å². The standard InChI is InChI=1S/C21H30N4O.HI/c1-14(2)20-12-19(26-25-20)13-23-21(22-4)24-15(3)17-10-9-16-7-5-6-8-18(16)11-17;/h9-12,14-15H,5-8,13H2,1-4H3,(H2,22,23,24);1H. The summed E-state index contributed by atoms with van der Waals surface area (Å²) >= 11 is 0. The molecule has 2 aromatic rings. The lowest BCUT2D eigenvalue weighted by molar-refractivity contribution is 0.371. The van der Waals surface area contributed by atoms with Crippen LogP contribution in [0.1, 0.15) is 73.7 Å². The van der Waals surface area contributed by atoms with Crippen LogP contribution in [0.5, 0.6) is 0 Å². The average Bonchev–Trinajstić information content (AvgIpc) is 3.14. The molecule has 0 amide bonds. The molecule has 1 heterocycles. The monoisotopic (exact) mass is 482 g/mol. The van der Waals surface area contributed by atoms with Gasteiger partial charge in [-0.15, -0.1) is 24.0 Å². The molecule has 0 saturated heterocycles. The van der Waals surface area contributed by atoms with Crippen LogP contribution in [0, 0.1) is 0 Å². The Kier molecular flexibility index (Phi) is 8.13. The summed E-state index contributed by atoms with van der Waals surface area (Å²) in [5, 5.41) is 10.9. The third kappa shape index (κ3) is 5.70. The zero-order valence-corrected chi connectivity index (χ0v) is 19.0. The van der Waals surface area contributed by atoms with Gasteiger partial charge in [0.1, 0.15) is 0 Å². The van der Waals surface area contributed by atoms with Crippen molar-refractivity contribution >= 4 is 29.9 Å². The molecule has 0 spiro atoms. The Labute approximate surface area is 179 Å². The van der Waals surface area contributed by atoms with Crippen molar-refractivity contribution in [1.29, 1.82) is 0 Å². The number of nitrogens with one attached hydrogen (secondary N) is 2. The number of hydrogen-bond donors (Lipinski definition) is 2. The SMILES string of the molecule is CN=C(NCc1cc(C(C)C)no1)NC(C)c1ccc2c(c1)CCCC2.I. The van der Waals surface area contributed by atoms with Gasteiger partial charge in [0.2, 0.25) is 0 Å². The van der Waals surface area contributed by atoms with E-state index in [4.69, 9.17) is 4.52 Å². The molecule has 1 aromatic carbocycles. The highest BCUT2D eigenvalue weighted by Gasteiger charge is 2.14. The van der Waals surface area contributed by atoms with Crippen LogP contribution in [0.3, 0.4) is 0 Å². The van der Waals surface area contributed by atoms with Crippen molar-refractivity contribution in [2.75, 3.05) is 7.05 Å². The minimum Gasteiger partial charge on any atom is -0.359 e. The van der Waals surface area contributed by atoms with Crippen LogP contribution < -0.4 is 10.6 Å². The Morgan fingerprint density at radius 1 is 1.15 bits per heavy atom. The molecule has 0 aliphatic heterocycles. The predicted octanol–water partition coefficient (Wildman–Crippen LogP) is 4.72. The van der Waals surface area contributed by atoms with Gasteiger partial charge in [-0.25, -0.2) is 0 Å². The van der Waals surface area contributed by atoms with E-state index in [1.54, 1.807) is 7.05 Å². The molecule has 1 unspecified atom stereocenters. The van der Waals surface area contributed by atoms with Crippen LogP contribution in [0.25, 0.3) is 0 Å². The molecule has 3 rings (SSSR count). The van der Waals surface area contributed by atoms with E-state index in [0.29, 0.717) is 12.5 Å². The number of nitrogens with zero attached hydrogens (tertiary/aromatic N) is 2. The molecule has 1 aliphatic rings. The number of aryl methyl sites for hydroxylation is 2. The molecular formula is C21H31IN4O. The lowest BCUT2D eigenvalue weighted by Gasteiger charge is -2.21. The largest absolute Gasteiger partial charge is 0.359 e. The fraction of sp³-hybridized carbons (Fsp3) is 0.524. The average molecular weight is 482 g/mol. The number of aromatic nitrogens is 1. The first-order chi connectivity index (χ1) is 12.6. The van der Waals surface area contributed by atoms with E-state index in [1.807, 2.05) is 6.07 Å². The Hall–Kier alpha value is -1.57. The Balaban J connectivity index is 0.00000261.